The van der Waals surface area contributed by atoms with E-state index in [4.69, 9.17) is 0 Å². The summed E-state index contributed by atoms with van der Waals surface area (Å²) in [7, 11) is 12.5. The minimum atomic E-state index is -0.615. The van der Waals surface area contributed by atoms with Gasteiger partial charge in [-0.3, -0.25) is 0 Å². The zero-order valence-corrected chi connectivity index (χ0v) is 11.5. The van der Waals surface area contributed by atoms with Crippen LogP contribution in [0, 0.1) is 0 Å². The smallest absolute Gasteiger partial charge is 0.137 e. The van der Waals surface area contributed by atoms with Gasteiger partial charge in [0.15, 0.2) is 0 Å². The molecule has 0 heterocycles. The molecular formula is C12H28N2O2+2. The summed E-state index contributed by atoms with van der Waals surface area (Å²) in [6, 6.07) is 0.274. The highest BCUT2D eigenvalue weighted by atomic mass is 16.3. The summed E-state index contributed by atoms with van der Waals surface area (Å²) < 4.78 is 1.42. The van der Waals surface area contributed by atoms with Crippen LogP contribution in [0.15, 0.2) is 0 Å². The van der Waals surface area contributed by atoms with Crippen molar-refractivity contribution in [1.29, 1.82) is 0 Å². The summed E-state index contributed by atoms with van der Waals surface area (Å²) in [6.45, 7) is 0. The molecule has 1 aliphatic rings. The molecule has 4 heteroatoms. The SMILES string of the molecule is C[N+](C)(C)[C@@H]1CC[C@@H]([N+](C)(C)C)[C@H](O)[C@H]1O. The molecule has 0 aromatic heterocycles. The van der Waals surface area contributed by atoms with E-state index in [1.807, 2.05) is 0 Å². The van der Waals surface area contributed by atoms with Crippen LogP contribution < -0.4 is 0 Å². The lowest BCUT2D eigenvalue weighted by Crippen LogP contribution is -2.65. The number of rotatable bonds is 2. The Morgan fingerprint density at radius 3 is 1.12 bits per heavy atom. The molecule has 1 saturated carbocycles. The normalized spacial score (nSPS) is 37.5. The first kappa shape index (κ1) is 13.9. The Labute approximate surface area is 99.3 Å². The summed E-state index contributed by atoms with van der Waals surface area (Å²) in [5.41, 5.74) is 0. The van der Waals surface area contributed by atoms with Gasteiger partial charge in [0.1, 0.15) is 24.3 Å². The van der Waals surface area contributed by atoms with Crippen molar-refractivity contribution in [2.24, 2.45) is 0 Å². The lowest BCUT2D eigenvalue weighted by atomic mass is 9.83. The second-order valence-electron chi connectivity index (χ2n) is 6.93. The van der Waals surface area contributed by atoms with Crippen LogP contribution in [0.4, 0.5) is 0 Å². The molecule has 0 aliphatic heterocycles. The van der Waals surface area contributed by atoms with E-state index >= 15 is 0 Å². The number of likely N-dealkylation sites (N-methyl/N-ethyl adjacent to an activating group) is 2. The first-order chi connectivity index (χ1) is 7.05. The van der Waals surface area contributed by atoms with Crippen molar-refractivity contribution in [3.8, 4) is 0 Å². The maximum absolute atomic E-state index is 10.2. The molecule has 1 fully saturated rings. The van der Waals surface area contributed by atoms with E-state index < -0.39 is 12.2 Å². The number of aliphatic hydroxyl groups is 2. The minimum absolute atomic E-state index is 0.137. The van der Waals surface area contributed by atoms with Crippen molar-refractivity contribution >= 4 is 0 Å². The Bertz CT molecular complexity index is 216. The van der Waals surface area contributed by atoms with E-state index in [0.717, 1.165) is 12.8 Å². The molecule has 4 nitrogen and oxygen atoms in total. The molecule has 96 valence electrons. The molecule has 0 unspecified atom stereocenters. The van der Waals surface area contributed by atoms with E-state index in [9.17, 15) is 10.2 Å². The van der Waals surface area contributed by atoms with Gasteiger partial charge in [0.2, 0.25) is 0 Å². The fraction of sp³-hybridized carbons (Fsp3) is 1.00. The Balaban J connectivity index is 2.81. The maximum Gasteiger partial charge on any atom is 0.137 e. The highest BCUT2D eigenvalue weighted by molar-refractivity contribution is 4.89. The summed E-state index contributed by atoms with van der Waals surface area (Å²) >= 11 is 0. The van der Waals surface area contributed by atoms with Gasteiger partial charge in [0, 0.05) is 12.8 Å². The van der Waals surface area contributed by atoms with Gasteiger partial charge in [0.05, 0.1) is 42.3 Å². The third kappa shape index (κ3) is 2.74. The average molecular weight is 232 g/mol. The number of aliphatic hydroxyl groups excluding tert-OH is 2. The van der Waals surface area contributed by atoms with Crippen molar-refractivity contribution in [1.82, 2.24) is 0 Å². The van der Waals surface area contributed by atoms with Crippen LogP contribution in [0.5, 0.6) is 0 Å². The average Bonchev–Trinajstić information content (AvgIpc) is 2.05. The number of hydrogen-bond donors (Lipinski definition) is 2. The van der Waals surface area contributed by atoms with Gasteiger partial charge >= 0.3 is 0 Å². The number of quaternary nitrogens is 2. The molecule has 0 aromatic rings. The molecule has 0 bridgehead atoms. The van der Waals surface area contributed by atoms with E-state index in [0.29, 0.717) is 8.97 Å². The maximum atomic E-state index is 10.2. The number of nitrogens with zero attached hydrogens (tertiary/aromatic N) is 2. The van der Waals surface area contributed by atoms with Gasteiger partial charge in [-0.1, -0.05) is 0 Å². The predicted octanol–water partition coefficient (Wildman–Crippen LogP) is -0.348. The monoisotopic (exact) mass is 232 g/mol. The molecular weight excluding hydrogens is 204 g/mol. The lowest BCUT2D eigenvalue weighted by molar-refractivity contribution is -0.918. The van der Waals surface area contributed by atoms with Crippen LogP contribution in [0.1, 0.15) is 12.8 Å². The lowest BCUT2D eigenvalue weighted by Gasteiger charge is -2.47. The van der Waals surface area contributed by atoms with Crippen LogP contribution in [0.3, 0.4) is 0 Å². The van der Waals surface area contributed by atoms with Crippen molar-refractivity contribution in [3.05, 3.63) is 0 Å². The van der Waals surface area contributed by atoms with Crippen molar-refractivity contribution < 1.29 is 19.2 Å². The van der Waals surface area contributed by atoms with Crippen LogP contribution in [0.2, 0.25) is 0 Å². The summed E-state index contributed by atoms with van der Waals surface area (Å²) in [6.07, 6.45) is 0.719. The number of hydrogen-bond acceptors (Lipinski definition) is 2. The molecule has 0 aromatic carbocycles. The first-order valence-corrected chi connectivity index (χ1v) is 6.03. The van der Waals surface area contributed by atoms with Crippen molar-refractivity contribution in [2.45, 2.75) is 37.1 Å². The first-order valence-electron chi connectivity index (χ1n) is 6.03. The molecule has 4 atom stereocenters. The van der Waals surface area contributed by atoms with Gasteiger partial charge < -0.3 is 19.2 Å². The van der Waals surface area contributed by atoms with E-state index in [2.05, 4.69) is 42.3 Å². The van der Waals surface area contributed by atoms with Gasteiger partial charge in [0.25, 0.3) is 0 Å². The van der Waals surface area contributed by atoms with Crippen LogP contribution in [0.25, 0.3) is 0 Å². The summed E-state index contributed by atoms with van der Waals surface area (Å²) in [5, 5.41) is 20.5. The standard InChI is InChI=1S/C12H28N2O2/c1-13(2,3)9-7-8-10(14(4,5)6)12(16)11(9)15/h9-12,15-16H,7-8H2,1-6H3/q+2/t9-,10-,11+,12+/m1/s1. The molecule has 0 spiro atoms. The molecule has 1 rings (SSSR count). The Hall–Kier alpha value is -0.160. The zero-order chi connectivity index (χ0) is 12.7. The zero-order valence-electron chi connectivity index (χ0n) is 11.5. The Morgan fingerprint density at radius 2 is 0.938 bits per heavy atom. The Morgan fingerprint density at radius 1 is 0.688 bits per heavy atom. The third-order valence-electron chi connectivity index (χ3n) is 3.89. The fourth-order valence-corrected chi connectivity index (χ4v) is 2.83. The minimum Gasteiger partial charge on any atom is -0.384 e. The second-order valence-corrected chi connectivity index (χ2v) is 6.93. The van der Waals surface area contributed by atoms with Crippen LogP contribution >= 0.6 is 0 Å². The molecule has 0 saturated heterocycles. The van der Waals surface area contributed by atoms with E-state index in [1.54, 1.807) is 0 Å². The fourth-order valence-electron chi connectivity index (χ4n) is 2.83. The predicted molar refractivity (Wildman–Crippen MR) is 64.9 cm³/mol. The van der Waals surface area contributed by atoms with E-state index in [-0.39, 0.29) is 12.1 Å². The highest BCUT2D eigenvalue weighted by Crippen LogP contribution is 2.29. The van der Waals surface area contributed by atoms with Crippen molar-refractivity contribution in [2.75, 3.05) is 42.3 Å². The quantitative estimate of drug-likeness (QED) is 0.639. The summed E-state index contributed by atoms with van der Waals surface area (Å²) in [4.78, 5) is 0. The molecule has 0 radical (unpaired) electrons. The van der Waals surface area contributed by atoms with Gasteiger partial charge in [-0.25, -0.2) is 0 Å². The molecule has 16 heavy (non-hydrogen) atoms. The van der Waals surface area contributed by atoms with Crippen LogP contribution in [-0.2, 0) is 0 Å². The molecule has 1 aliphatic carbocycles. The van der Waals surface area contributed by atoms with Gasteiger partial charge in [-0.2, -0.15) is 0 Å². The molecule has 0 amide bonds. The third-order valence-corrected chi connectivity index (χ3v) is 3.89. The second kappa shape index (κ2) is 4.26. The van der Waals surface area contributed by atoms with Crippen LogP contribution in [-0.4, -0.2) is 85.8 Å². The van der Waals surface area contributed by atoms with Gasteiger partial charge in [-0.05, 0) is 0 Å². The van der Waals surface area contributed by atoms with Crippen molar-refractivity contribution in [3.63, 3.8) is 0 Å². The Kier molecular flexibility index (Phi) is 3.70. The summed E-state index contributed by atoms with van der Waals surface area (Å²) in [5.74, 6) is 0. The topological polar surface area (TPSA) is 40.5 Å². The van der Waals surface area contributed by atoms with Gasteiger partial charge in [-0.15, -0.1) is 0 Å². The molecule has 2 N–H and O–H groups in total. The largest absolute Gasteiger partial charge is 0.384 e. The van der Waals surface area contributed by atoms with E-state index in [1.165, 1.54) is 0 Å². The highest BCUT2D eigenvalue weighted by Gasteiger charge is 2.48.